The van der Waals surface area contributed by atoms with Crippen molar-refractivity contribution in [1.29, 1.82) is 0 Å². The molecule has 0 amide bonds. The molecule has 0 unspecified atom stereocenters. The summed E-state index contributed by atoms with van der Waals surface area (Å²) in [5.74, 6) is 1.43. The minimum atomic E-state index is 0.504. The predicted octanol–water partition coefficient (Wildman–Crippen LogP) is 2.45. The first-order valence-electron chi connectivity index (χ1n) is 7.32. The predicted molar refractivity (Wildman–Crippen MR) is 83.1 cm³/mol. The zero-order chi connectivity index (χ0) is 15.2. The first-order chi connectivity index (χ1) is 10.0. The van der Waals surface area contributed by atoms with Gasteiger partial charge in [0.2, 0.25) is 0 Å². The average Bonchev–Trinajstić information content (AvgIpc) is 2.76. The maximum Gasteiger partial charge on any atom is 0.138 e. The zero-order valence-corrected chi connectivity index (χ0v) is 13.3. The molecule has 1 N–H and O–H groups in total. The number of nitrogens with one attached hydrogen (secondary N) is 1. The Labute approximate surface area is 126 Å². The van der Waals surface area contributed by atoms with Crippen molar-refractivity contribution in [3.05, 3.63) is 41.5 Å². The summed E-state index contributed by atoms with van der Waals surface area (Å²) in [6, 6.07) is 5.98. The van der Waals surface area contributed by atoms with Crippen LogP contribution < -0.4 is 10.1 Å². The lowest BCUT2D eigenvalue weighted by Gasteiger charge is -2.08. The lowest BCUT2D eigenvalue weighted by molar-refractivity contribution is 0.293. The van der Waals surface area contributed by atoms with Gasteiger partial charge >= 0.3 is 0 Å². The summed E-state index contributed by atoms with van der Waals surface area (Å²) in [6.45, 7) is 8.65. The van der Waals surface area contributed by atoms with E-state index in [0.29, 0.717) is 12.5 Å². The summed E-state index contributed by atoms with van der Waals surface area (Å²) in [5.41, 5.74) is 3.08. The summed E-state index contributed by atoms with van der Waals surface area (Å²) in [4.78, 5) is 4.41. The number of nitrogens with zero attached hydrogens (tertiary/aromatic N) is 3. The largest absolute Gasteiger partial charge is 0.486 e. The molecule has 114 valence electrons. The fourth-order valence-corrected chi connectivity index (χ4v) is 2.05. The van der Waals surface area contributed by atoms with Gasteiger partial charge in [-0.2, -0.15) is 5.10 Å². The lowest BCUT2D eigenvalue weighted by atomic mass is 10.2. The third-order valence-corrected chi connectivity index (χ3v) is 3.14. The van der Waals surface area contributed by atoms with E-state index < -0.39 is 0 Å². The minimum absolute atomic E-state index is 0.504. The van der Waals surface area contributed by atoms with Crippen LogP contribution in [-0.2, 0) is 20.2 Å². The van der Waals surface area contributed by atoms with Crippen LogP contribution in [0.1, 0.15) is 30.9 Å². The van der Waals surface area contributed by atoms with E-state index in [0.717, 1.165) is 35.9 Å². The highest BCUT2D eigenvalue weighted by atomic mass is 16.5. The number of hydrogen-bond acceptors (Lipinski definition) is 4. The van der Waals surface area contributed by atoms with E-state index in [1.807, 2.05) is 36.9 Å². The van der Waals surface area contributed by atoms with E-state index in [1.54, 1.807) is 6.20 Å². The van der Waals surface area contributed by atoms with Gasteiger partial charge in [0, 0.05) is 13.6 Å². The van der Waals surface area contributed by atoms with Crippen LogP contribution in [0.15, 0.2) is 24.4 Å². The van der Waals surface area contributed by atoms with Crippen LogP contribution in [-0.4, -0.2) is 21.3 Å². The van der Waals surface area contributed by atoms with Crippen molar-refractivity contribution >= 4 is 0 Å². The van der Waals surface area contributed by atoms with Gasteiger partial charge in [0.05, 0.1) is 23.3 Å². The van der Waals surface area contributed by atoms with E-state index in [9.17, 15) is 0 Å². The summed E-state index contributed by atoms with van der Waals surface area (Å²) in [7, 11) is 1.92. The molecule has 5 nitrogen and oxygen atoms in total. The lowest BCUT2D eigenvalue weighted by Crippen LogP contribution is -2.19. The Hall–Kier alpha value is -1.88. The summed E-state index contributed by atoms with van der Waals surface area (Å²) in [6.07, 6.45) is 1.77. The Kier molecular flexibility index (Phi) is 5.33. The van der Waals surface area contributed by atoms with E-state index in [1.165, 1.54) is 0 Å². The van der Waals surface area contributed by atoms with Gasteiger partial charge in [-0.05, 0) is 37.6 Å². The van der Waals surface area contributed by atoms with Crippen molar-refractivity contribution in [1.82, 2.24) is 20.1 Å². The summed E-state index contributed by atoms with van der Waals surface area (Å²) in [5, 5.41) is 7.67. The van der Waals surface area contributed by atoms with Gasteiger partial charge in [0.15, 0.2) is 0 Å². The molecule has 2 aromatic heterocycles. The van der Waals surface area contributed by atoms with E-state index in [4.69, 9.17) is 4.74 Å². The molecule has 2 heterocycles. The number of hydrogen-bond donors (Lipinski definition) is 1. The molecule has 0 saturated heterocycles. The maximum atomic E-state index is 5.74. The molecule has 0 aliphatic heterocycles. The number of pyridine rings is 1. The van der Waals surface area contributed by atoms with Crippen molar-refractivity contribution in [2.75, 3.05) is 6.54 Å². The number of aromatic nitrogens is 3. The standard InChI is InChI=1S/C16H24N4O/c1-12(2)8-17-9-14-5-6-16(10-18-14)21-11-15-7-13(3)19-20(15)4/h5-7,10,12,17H,8-9,11H2,1-4H3. The molecule has 0 saturated carbocycles. The highest BCUT2D eigenvalue weighted by Crippen LogP contribution is 2.12. The van der Waals surface area contributed by atoms with Gasteiger partial charge in [-0.1, -0.05) is 13.8 Å². The van der Waals surface area contributed by atoms with Gasteiger partial charge in [0.25, 0.3) is 0 Å². The molecule has 0 atom stereocenters. The second-order valence-electron chi connectivity index (χ2n) is 5.70. The highest BCUT2D eigenvalue weighted by molar-refractivity contribution is 5.20. The van der Waals surface area contributed by atoms with E-state index in [2.05, 4.69) is 29.2 Å². The molecule has 2 aromatic rings. The van der Waals surface area contributed by atoms with Crippen molar-refractivity contribution in [3.8, 4) is 5.75 Å². The fourth-order valence-electron chi connectivity index (χ4n) is 2.05. The Morgan fingerprint density at radius 3 is 2.71 bits per heavy atom. The molecule has 0 aliphatic carbocycles. The van der Waals surface area contributed by atoms with Gasteiger partial charge in [-0.25, -0.2) is 0 Å². The number of ether oxygens (including phenoxy) is 1. The molecule has 0 aromatic carbocycles. The molecule has 0 spiro atoms. The Balaban J connectivity index is 1.83. The molecule has 0 fully saturated rings. The third-order valence-electron chi connectivity index (χ3n) is 3.14. The number of rotatable bonds is 7. The van der Waals surface area contributed by atoms with Gasteiger partial charge in [0.1, 0.15) is 12.4 Å². The van der Waals surface area contributed by atoms with Crippen LogP contribution in [0, 0.1) is 12.8 Å². The maximum absolute atomic E-state index is 5.74. The second kappa shape index (κ2) is 7.22. The van der Waals surface area contributed by atoms with Crippen molar-refractivity contribution in [2.24, 2.45) is 13.0 Å². The second-order valence-corrected chi connectivity index (χ2v) is 5.70. The van der Waals surface area contributed by atoms with Crippen LogP contribution in [0.5, 0.6) is 5.75 Å². The van der Waals surface area contributed by atoms with E-state index >= 15 is 0 Å². The third kappa shape index (κ3) is 4.86. The molecule has 2 rings (SSSR count). The molecule has 5 heteroatoms. The van der Waals surface area contributed by atoms with Crippen molar-refractivity contribution in [3.63, 3.8) is 0 Å². The van der Waals surface area contributed by atoms with Crippen LogP contribution in [0.4, 0.5) is 0 Å². The molecule has 21 heavy (non-hydrogen) atoms. The smallest absolute Gasteiger partial charge is 0.138 e. The van der Waals surface area contributed by atoms with Crippen LogP contribution >= 0.6 is 0 Å². The van der Waals surface area contributed by atoms with Crippen molar-refractivity contribution < 1.29 is 4.74 Å². The highest BCUT2D eigenvalue weighted by Gasteiger charge is 2.03. The summed E-state index contributed by atoms with van der Waals surface area (Å²) >= 11 is 0. The fraction of sp³-hybridized carbons (Fsp3) is 0.500. The average molecular weight is 288 g/mol. The molecule has 0 aliphatic rings. The quantitative estimate of drug-likeness (QED) is 0.850. The van der Waals surface area contributed by atoms with Gasteiger partial charge in [-0.15, -0.1) is 0 Å². The molecular weight excluding hydrogens is 264 g/mol. The molecule has 0 bridgehead atoms. The van der Waals surface area contributed by atoms with Crippen LogP contribution in [0.25, 0.3) is 0 Å². The van der Waals surface area contributed by atoms with Crippen LogP contribution in [0.2, 0.25) is 0 Å². The number of aryl methyl sites for hydroxylation is 2. The normalized spacial score (nSPS) is 11.1. The Morgan fingerprint density at radius 1 is 1.33 bits per heavy atom. The van der Waals surface area contributed by atoms with Crippen LogP contribution in [0.3, 0.4) is 0 Å². The summed E-state index contributed by atoms with van der Waals surface area (Å²) < 4.78 is 7.58. The first-order valence-corrected chi connectivity index (χ1v) is 7.32. The van der Waals surface area contributed by atoms with Gasteiger partial charge < -0.3 is 10.1 Å². The monoisotopic (exact) mass is 288 g/mol. The first kappa shape index (κ1) is 15.5. The SMILES string of the molecule is Cc1cc(COc2ccc(CNCC(C)C)nc2)n(C)n1. The molecular formula is C16H24N4O. The molecule has 0 radical (unpaired) electrons. The minimum Gasteiger partial charge on any atom is -0.486 e. The Morgan fingerprint density at radius 2 is 2.14 bits per heavy atom. The topological polar surface area (TPSA) is 52.0 Å². The zero-order valence-electron chi connectivity index (χ0n) is 13.3. The van der Waals surface area contributed by atoms with Gasteiger partial charge in [-0.3, -0.25) is 9.67 Å². The Bertz CT molecular complexity index is 560. The van der Waals surface area contributed by atoms with E-state index in [-0.39, 0.29) is 0 Å². The van der Waals surface area contributed by atoms with Crippen molar-refractivity contribution in [2.45, 2.75) is 33.9 Å².